The zero-order valence-electron chi connectivity index (χ0n) is 24.5. The number of nitriles is 2. The third-order valence-corrected chi connectivity index (χ3v) is 11.4. The van der Waals surface area contributed by atoms with Gasteiger partial charge in [-0.25, -0.2) is 13.2 Å². The fourth-order valence-electron chi connectivity index (χ4n) is 7.82. The Morgan fingerprint density at radius 2 is 2.07 bits per heavy atom. The van der Waals surface area contributed by atoms with E-state index in [0.717, 1.165) is 30.7 Å². The molecule has 4 atom stereocenters. The van der Waals surface area contributed by atoms with Gasteiger partial charge in [-0.2, -0.15) is 20.5 Å². The van der Waals surface area contributed by atoms with E-state index >= 15 is 4.39 Å². The first kappa shape index (κ1) is 29.4. The van der Waals surface area contributed by atoms with Crippen LogP contribution in [0.15, 0.2) is 12.1 Å². The van der Waals surface area contributed by atoms with Crippen molar-refractivity contribution in [2.45, 2.75) is 49.9 Å². The summed E-state index contributed by atoms with van der Waals surface area (Å²) in [4.78, 5) is 13.4. The molecule has 0 bridgehead atoms. The first-order valence-electron chi connectivity index (χ1n) is 15.2. The molecule has 6 heterocycles. The molecule has 14 heteroatoms. The minimum Gasteiger partial charge on any atom is -0.489 e. The van der Waals surface area contributed by atoms with Gasteiger partial charge in [0.05, 0.1) is 44.2 Å². The number of halogens is 4. The summed E-state index contributed by atoms with van der Waals surface area (Å²) in [5, 5.41) is 20.0. The maximum absolute atomic E-state index is 17.1. The molecule has 0 saturated carbocycles. The summed E-state index contributed by atoms with van der Waals surface area (Å²) < 4.78 is 59.1. The number of aromatic nitrogens is 2. The molecule has 2 aromatic carbocycles. The maximum atomic E-state index is 17.1. The number of benzene rings is 2. The summed E-state index contributed by atoms with van der Waals surface area (Å²) in [6.45, 7) is 1.89. The average Bonchev–Trinajstić information content (AvgIpc) is 3.66. The second-order valence-corrected chi connectivity index (χ2v) is 13.9. The van der Waals surface area contributed by atoms with Crippen molar-refractivity contribution in [2.24, 2.45) is 5.92 Å². The van der Waals surface area contributed by atoms with Crippen molar-refractivity contribution in [2.75, 3.05) is 43.5 Å². The fourth-order valence-corrected chi connectivity index (χ4v) is 9.10. The topological polar surface area (TPSA) is 124 Å². The van der Waals surface area contributed by atoms with Gasteiger partial charge in [-0.3, -0.25) is 4.90 Å². The zero-order chi connectivity index (χ0) is 31.9. The molecular weight excluding hydrogens is 639 g/mol. The van der Waals surface area contributed by atoms with E-state index in [1.54, 1.807) is 0 Å². The summed E-state index contributed by atoms with van der Waals surface area (Å²) in [5.41, 5.74) is 5.54. The molecule has 0 aliphatic carbocycles. The largest absolute Gasteiger partial charge is 0.489 e. The van der Waals surface area contributed by atoms with Gasteiger partial charge in [0.25, 0.3) is 0 Å². The van der Waals surface area contributed by atoms with E-state index < -0.39 is 23.3 Å². The van der Waals surface area contributed by atoms with Crippen LogP contribution in [0.1, 0.15) is 37.7 Å². The van der Waals surface area contributed by atoms with Crippen molar-refractivity contribution in [3.05, 3.63) is 34.4 Å². The molecule has 2 aromatic heterocycles. The van der Waals surface area contributed by atoms with Crippen molar-refractivity contribution in [1.82, 2.24) is 14.9 Å². The van der Waals surface area contributed by atoms with E-state index in [1.807, 2.05) is 11.0 Å². The highest BCUT2D eigenvalue weighted by molar-refractivity contribution is 7.23. The van der Waals surface area contributed by atoms with Gasteiger partial charge in [0.1, 0.15) is 47.6 Å². The van der Waals surface area contributed by atoms with Gasteiger partial charge in [0.2, 0.25) is 0 Å². The Balaban J connectivity index is 1.34. The van der Waals surface area contributed by atoms with E-state index in [2.05, 4.69) is 16.0 Å². The molecule has 4 aliphatic rings. The first-order valence-corrected chi connectivity index (χ1v) is 16.4. The number of fused-ring (bicyclic) bond motifs is 4. The van der Waals surface area contributed by atoms with Crippen LogP contribution < -0.4 is 20.1 Å². The summed E-state index contributed by atoms with van der Waals surface area (Å²) in [6.07, 6.45) is 2.18. The number of hydrogen-bond acceptors (Lipinski definition) is 10. The second-order valence-electron chi connectivity index (χ2n) is 12.5. The number of rotatable bonds is 4. The van der Waals surface area contributed by atoms with Crippen molar-refractivity contribution >= 4 is 54.7 Å². The van der Waals surface area contributed by atoms with Crippen molar-refractivity contribution < 1.29 is 22.6 Å². The predicted octanol–water partition coefficient (Wildman–Crippen LogP) is 6.35. The molecule has 0 amide bonds. The summed E-state index contributed by atoms with van der Waals surface area (Å²) in [6, 6.07) is 6.58. The van der Waals surface area contributed by atoms with E-state index in [0.29, 0.717) is 38.2 Å². The van der Waals surface area contributed by atoms with Crippen LogP contribution in [0, 0.1) is 40.2 Å². The molecule has 2 unspecified atom stereocenters. The normalized spacial score (nSPS) is 25.5. The Bertz CT molecular complexity index is 2030. The standard InChI is InChI=1S/C32H27ClF3N7O2S/c33-24-22(18-2-3-20(35)28-21(18)19(11-38)29(39)46-28)25(36)26-23-27(24)44-13-17-8-15(10-37)4-7-43(17)30(23)41-31(40-26)45-14-32-5-1-6-42(32)12-16(34)9-32/h2-3,15-17H,1,4-9,12-14,39H2/t15?,16-,17?,32+/m1/s1. The van der Waals surface area contributed by atoms with Crippen LogP contribution in [-0.2, 0) is 0 Å². The molecule has 4 aliphatic heterocycles. The number of ether oxygens (including phenoxy) is 2. The monoisotopic (exact) mass is 665 g/mol. The first-order chi connectivity index (χ1) is 22.2. The Morgan fingerprint density at radius 3 is 2.87 bits per heavy atom. The Morgan fingerprint density at radius 1 is 1.22 bits per heavy atom. The highest BCUT2D eigenvalue weighted by Crippen LogP contribution is 2.52. The smallest absolute Gasteiger partial charge is 0.319 e. The molecule has 9 nitrogen and oxygen atoms in total. The molecule has 2 N–H and O–H groups in total. The lowest BCUT2D eigenvalue weighted by atomic mass is 9.92. The van der Waals surface area contributed by atoms with Crippen LogP contribution in [0.2, 0.25) is 5.02 Å². The Labute approximate surface area is 270 Å². The second kappa shape index (κ2) is 10.8. The van der Waals surface area contributed by atoms with Crippen LogP contribution in [0.3, 0.4) is 0 Å². The van der Waals surface area contributed by atoms with Crippen LogP contribution in [-0.4, -0.2) is 65.5 Å². The Hall–Kier alpha value is -4.04. The lowest BCUT2D eigenvalue weighted by Gasteiger charge is -2.37. The number of nitrogen functional groups attached to an aromatic ring is 1. The molecule has 236 valence electrons. The van der Waals surface area contributed by atoms with Gasteiger partial charge in [-0.05, 0) is 43.9 Å². The molecular formula is C32H27ClF3N7O2S. The number of anilines is 2. The molecule has 46 heavy (non-hydrogen) atoms. The van der Waals surface area contributed by atoms with Crippen LogP contribution >= 0.6 is 22.9 Å². The van der Waals surface area contributed by atoms with Gasteiger partial charge >= 0.3 is 6.01 Å². The highest BCUT2D eigenvalue weighted by atomic mass is 35.5. The van der Waals surface area contributed by atoms with E-state index in [4.69, 9.17) is 31.8 Å². The van der Waals surface area contributed by atoms with Gasteiger partial charge < -0.3 is 20.1 Å². The number of piperidine rings is 1. The van der Waals surface area contributed by atoms with E-state index in [9.17, 15) is 19.3 Å². The molecule has 8 rings (SSSR count). The average molecular weight is 666 g/mol. The molecule has 0 spiro atoms. The lowest BCUT2D eigenvalue weighted by Crippen LogP contribution is -2.45. The number of alkyl halides is 1. The summed E-state index contributed by atoms with van der Waals surface area (Å²) >= 11 is 7.89. The minimum atomic E-state index is -0.952. The van der Waals surface area contributed by atoms with Crippen LogP contribution in [0.5, 0.6) is 11.8 Å². The minimum absolute atomic E-state index is 0.0204. The predicted molar refractivity (Wildman–Crippen MR) is 168 cm³/mol. The third kappa shape index (κ3) is 4.29. The summed E-state index contributed by atoms with van der Waals surface area (Å²) in [5.74, 6) is -1.09. The van der Waals surface area contributed by atoms with Crippen LogP contribution in [0.25, 0.3) is 32.1 Å². The SMILES string of the molecule is N#Cc1c(N)sc2c(F)ccc(-c3c(Cl)c4c5c(nc(OC[C@@]67CCCN6C[C@H](F)C7)nc5c3F)N3CCC(C#N)CC3CO4)c12. The number of nitrogens with two attached hydrogens (primary N) is 1. The maximum Gasteiger partial charge on any atom is 0.319 e. The van der Waals surface area contributed by atoms with Gasteiger partial charge in [0, 0.05) is 30.5 Å². The van der Waals surface area contributed by atoms with Crippen molar-refractivity contribution in [1.29, 1.82) is 10.5 Å². The number of thiophene rings is 1. The molecule has 4 aromatic rings. The van der Waals surface area contributed by atoms with E-state index in [-0.39, 0.29) is 84.6 Å². The fraction of sp³-hybridized carbons (Fsp3) is 0.438. The van der Waals surface area contributed by atoms with Crippen molar-refractivity contribution in [3.8, 4) is 35.0 Å². The van der Waals surface area contributed by atoms with E-state index in [1.165, 1.54) is 12.1 Å². The quantitative estimate of drug-likeness (QED) is 0.265. The molecule has 3 fully saturated rings. The van der Waals surface area contributed by atoms with Gasteiger partial charge in [0.15, 0.2) is 11.6 Å². The molecule has 0 radical (unpaired) electrons. The zero-order valence-corrected chi connectivity index (χ0v) is 26.0. The lowest BCUT2D eigenvalue weighted by molar-refractivity contribution is 0.107. The number of hydrogen-bond donors (Lipinski definition) is 1. The van der Waals surface area contributed by atoms with Gasteiger partial charge in [-0.15, -0.1) is 11.3 Å². The Kier molecular flexibility index (Phi) is 6.87. The van der Waals surface area contributed by atoms with Gasteiger partial charge in [-0.1, -0.05) is 17.7 Å². The van der Waals surface area contributed by atoms with Crippen LogP contribution in [0.4, 0.5) is 24.0 Å². The highest BCUT2D eigenvalue weighted by Gasteiger charge is 2.49. The summed E-state index contributed by atoms with van der Waals surface area (Å²) in [7, 11) is 0. The van der Waals surface area contributed by atoms with Crippen molar-refractivity contribution in [3.63, 3.8) is 0 Å². The molecule has 3 saturated heterocycles. The third-order valence-electron chi connectivity index (χ3n) is 9.96. The number of nitrogens with zero attached hydrogens (tertiary/aromatic N) is 6.